The Labute approximate surface area is 267 Å². The number of hydrogen-bond acceptors (Lipinski definition) is 10. The molecule has 0 heterocycles. The Hall–Kier alpha value is -5.12. The van der Waals surface area contributed by atoms with Crippen LogP contribution in [0.15, 0.2) is 60.7 Å². The van der Waals surface area contributed by atoms with E-state index < -0.39 is 48.3 Å². The molecule has 0 amide bonds. The van der Waals surface area contributed by atoms with Crippen LogP contribution in [0.3, 0.4) is 0 Å². The molecule has 0 N–H and O–H groups in total. The molecule has 0 radical (unpaired) electrons. The van der Waals surface area contributed by atoms with Crippen LogP contribution >= 0.6 is 0 Å². The van der Waals surface area contributed by atoms with Crippen molar-refractivity contribution in [3.63, 3.8) is 0 Å². The Morgan fingerprint density at radius 3 is 1.24 bits per heavy atom. The molecule has 0 aliphatic carbocycles. The number of fused-ring (bicyclic) bond motifs is 2. The normalized spacial score (nSPS) is 11.6. The molecule has 0 atom stereocenters. The van der Waals surface area contributed by atoms with Crippen LogP contribution in [0.4, 0.5) is 0 Å². The maximum absolute atomic E-state index is 13.3. The summed E-state index contributed by atoms with van der Waals surface area (Å²) in [6.07, 6.45) is 0. The fourth-order valence-electron chi connectivity index (χ4n) is 4.98. The van der Waals surface area contributed by atoms with E-state index in [0.29, 0.717) is 32.7 Å². The van der Waals surface area contributed by atoms with Crippen LogP contribution in [0.2, 0.25) is 0 Å². The molecule has 0 saturated heterocycles. The lowest BCUT2D eigenvalue weighted by Gasteiger charge is -2.24. The van der Waals surface area contributed by atoms with Crippen LogP contribution in [0.5, 0.6) is 11.5 Å². The van der Waals surface area contributed by atoms with Crippen LogP contribution < -0.4 is 9.47 Å². The van der Waals surface area contributed by atoms with Gasteiger partial charge in [-0.3, -0.25) is 0 Å². The zero-order valence-corrected chi connectivity index (χ0v) is 27.3. The number of methoxy groups -OCH3 is 2. The van der Waals surface area contributed by atoms with E-state index in [1.54, 1.807) is 90.1 Å². The van der Waals surface area contributed by atoms with Crippen LogP contribution in [0, 0.1) is 0 Å². The number of benzene rings is 4. The Morgan fingerprint density at radius 2 is 0.913 bits per heavy atom. The average Bonchev–Trinajstić information content (AvgIpc) is 2.99. The maximum atomic E-state index is 13.3. The monoisotopic (exact) mass is 630 g/mol. The van der Waals surface area contributed by atoms with Gasteiger partial charge in [-0.05, 0) is 75.2 Å². The molecular formula is C36H38O10. The first-order chi connectivity index (χ1) is 21.6. The first-order valence-corrected chi connectivity index (χ1v) is 14.6. The maximum Gasteiger partial charge on any atom is 0.344 e. The highest BCUT2D eigenvalue weighted by molar-refractivity contribution is 6.16. The minimum atomic E-state index is -0.786. The largest absolute Gasteiger partial charge is 0.480 e. The molecule has 0 fully saturated rings. The highest BCUT2D eigenvalue weighted by Crippen LogP contribution is 2.49. The smallest absolute Gasteiger partial charge is 0.344 e. The van der Waals surface area contributed by atoms with Crippen molar-refractivity contribution in [2.45, 2.75) is 52.7 Å². The lowest BCUT2D eigenvalue weighted by molar-refractivity contribution is -0.158. The molecule has 0 bridgehead atoms. The van der Waals surface area contributed by atoms with Gasteiger partial charge >= 0.3 is 23.9 Å². The van der Waals surface area contributed by atoms with E-state index in [9.17, 15) is 19.2 Å². The van der Waals surface area contributed by atoms with Gasteiger partial charge in [-0.1, -0.05) is 48.5 Å². The van der Waals surface area contributed by atoms with Crippen LogP contribution in [-0.2, 0) is 28.5 Å². The molecule has 10 nitrogen and oxygen atoms in total. The third-order valence-electron chi connectivity index (χ3n) is 6.57. The Kier molecular flexibility index (Phi) is 9.89. The van der Waals surface area contributed by atoms with Crippen LogP contribution in [-0.4, -0.2) is 62.5 Å². The molecule has 0 spiro atoms. The lowest BCUT2D eigenvalue weighted by Crippen LogP contribution is -2.28. The van der Waals surface area contributed by atoms with Gasteiger partial charge in [0.15, 0.2) is 13.2 Å². The fourth-order valence-corrected chi connectivity index (χ4v) is 4.98. The predicted molar refractivity (Wildman–Crippen MR) is 172 cm³/mol. The average molecular weight is 631 g/mol. The van der Waals surface area contributed by atoms with Gasteiger partial charge in [-0.25, -0.2) is 19.2 Å². The SMILES string of the molecule is COC(=O)c1cc2ccccc2c(-c2c(OCC(=O)OC(C)(C)C)c(C(=O)OC)cc3ccccc23)c1OCC(=O)OC(C)(C)C. The van der Waals surface area contributed by atoms with Gasteiger partial charge in [0.2, 0.25) is 0 Å². The first-order valence-electron chi connectivity index (χ1n) is 14.6. The van der Waals surface area contributed by atoms with Crippen molar-refractivity contribution in [2.24, 2.45) is 0 Å². The summed E-state index contributed by atoms with van der Waals surface area (Å²) < 4.78 is 33.5. The van der Waals surface area contributed by atoms with Crippen molar-refractivity contribution in [3.8, 4) is 22.6 Å². The molecule has 0 aliphatic heterocycles. The van der Waals surface area contributed by atoms with Gasteiger partial charge in [0.1, 0.15) is 33.8 Å². The predicted octanol–water partition coefficient (Wildman–Crippen LogP) is 6.67. The molecule has 4 aromatic carbocycles. The molecule has 242 valence electrons. The highest BCUT2D eigenvalue weighted by atomic mass is 16.6. The van der Waals surface area contributed by atoms with E-state index in [-0.39, 0.29) is 22.6 Å². The number of carbonyl (C=O) groups excluding carboxylic acids is 4. The number of esters is 4. The summed E-state index contributed by atoms with van der Waals surface area (Å²) in [5.41, 5.74) is -0.890. The van der Waals surface area contributed by atoms with Crippen LogP contribution in [0.1, 0.15) is 62.3 Å². The summed E-state index contributed by atoms with van der Waals surface area (Å²) in [4.78, 5) is 52.2. The molecule has 10 heteroatoms. The minimum absolute atomic E-state index is 0.00861. The van der Waals surface area contributed by atoms with Crippen molar-refractivity contribution >= 4 is 45.4 Å². The van der Waals surface area contributed by atoms with Gasteiger partial charge in [-0.2, -0.15) is 0 Å². The molecule has 0 unspecified atom stereocenters. The topological polar surface area (TPSA) is 124 Å². The van der Waals surface area contributed by atoms with Crippen molar-refractivity contribution < 1.29 is 47.6 Å². The van der Waals surface area contributed by atoms with E-state index in [0.717, 1.165) is 0 Å². The summed E-state index contributed by atoms with van der Waals surface area (Å²) in [5, 5.41) is 2.47. The lowest BCUT2D eigenvalue weighted by atomic mass is 9.88. The van der Waals surface area contributed by atoms with Gasteiger partial charge in [0.05, 0.1) is 14.2 Å². The van der Waals surface area contributed by atoms with Crippen molar-refractivity contribution in [1.29, 1.82) is 0 Å². The number of carbonyl (C=O) groups is 4. The van der Waals surface area contributed by atoms with Gasteiger partial charge < -0.3 is 28.4 Å². The molecule has 4 aromatic rings. The number of hydrogen-bond donors (Lipinski definition) is 0. The third kappa shape index (κ3) is 7.74. The third-order valence-corrected chi connectivity index (χ3v) is 6.57. The zero-order valence-electron chi connectivity index (χ0n) is 27.3. The highest BCUT2D eigenvalue weighted by Gasteiger charge is 2.30. The summed E-state index contributed by atoms with van der Waals surface area (Å²) in [6.45, 7) is 9.27. The number of rotatable bonds is 9. The zero-order chi connectivity index (χ0) is 33.8. The second kappa shape index (κ2) is 13.5. The standard InChI is InChI=1S/C36H38O10/c1-35(2,3)45-27(37)19-43-31-25(33(39)41-7)17-21-13-9-11-15-23(21)29(31)30-24-16-12-10-14-22(24)18-26(34(40)42-8)32(30)44-20-28(38)46-36(4,5)6/h9-18H,19-20H2,1-8H3. The van der Waals surface area contributed by atoms with E-state index in [2.05, 4.69) is 0 Å². The fraction of sp³-hybridized carbons (Fsp3) is 0.333. The summed E-state index contributed by atoms with van der Waals surface area (Å²) in [7, 11) is 2.47. The minimum Gasteiger partial charge on any atom is -0.480 e. The second-order valence-electron chi connectivity index (χ2n) is 12.4. The Balaban J connectivity index is 2.11. The van der Waals surface area contributed by atoms with Crippen molar-refractivity contribution in [3.05, 3.63) is 71.8 Å². The van der Waals surface area contributed by atoms with Crippen molar-refractivity contribution in [1.82, 2.24) is 0 Å². The van der Waals surface area contributed by atoms with Crippen molar-refractivity contribution in [2.75, 3.05) is 27.4 Å². The molecule has 0 aliphatic rings. The van der Waals surface area contributed by atoms with E-state index >= 15 is 0 Å². The van der Waals surface area contributed by atoms with E-state index in [1.165, 1.54) is 14.2 Å². The van der Waals surface area contributed by atoms with Gasteiger partial charge in [-0.15, -0.1) is 0 Å². The second-order valence-corrected chi connectivity index (χ2v) is 12.4. The van der Waals surface area contributed by atoms with E-state index in [1.807, 2.05) is 12.1 Å². The Bertz CT molecular complexity index is 1670. The van der Waals surface area contributed by atoms with E-state index in [4.69, 9.17) is 28.4 Å². The molecule has 0 aromatic heterocycles. The first kappa shape index (κ1) is 33.8. The Morgan fingerprint density at radius 1 is 0.565 bits per heavy atom. The molecule has 4 rings (SSSR count). The molecule has 46 heavy (non-hydrogen) atoms. The van der Waals surface area contributed by atoms with Gasteiger partial charge in [0.25, 0.3) is 0 Å². The molecule has 0 saturated carbocycles. The summed E-state index contributed by atoms with van der Waals surface area (Å²) in [6, 6.07) is 17.6. The summed E-state index contributed by atoms with van der Waals surface area (Å²) >= 11 is 0. The summed E-state index contributed by atoms with van der Waals surface area (Å²) in [5.74, 6) is -2.81. The number of ether oxygens (including phenoxy) is 6. The molecular weight excluding hydrogens is 592 g/mol. The van der Waals surface area contributed by atoms with Crippen LogP contribution in [0.25, 0.3) is 32.7 Å². The quantitative estimate of drug-likeness (QED) is 0.146. The van der Waals surface area contributed by atoms with Gasteiger partial charge in [0, 0.05) is 11.1 Å².